The second kappa shape index (κ2) is 9.06. The molecule has 4 aromatic rings. The summed E-state index contributed by atoms with van der Waals surface area (Å²) < 4.78 is 56.9. The molecule has 1 aromatic carbocycles. The van der Waals surface area contributed by atoms with Crippen molar-refractivity contribution in [3.63, 3.8) is 0 Å². The van der Waals surface area contributed by atoms with E-state index < -0.39 is 24.1 Å². The standard InChI is InChI=1S/C25H24F4N8O2/c1-14(38)35-9-8-34(23(39)24(35,2)3)15-4-5-18(26)16(10-15)20-11-17(21-22(30)31-13-33-37(20)21)19-6-7-32-36(19)12-25(27,28)29/h4-7,10-11,13H,8-9,12H2,1-3H3,(H2,30,31,33). The normalized spacial score (nSPS) is 15.8. The molecule has 4 heterocycles. The number of carbonyl (C=O) groups excluding carboxylic acids is 2. The third kappa shape index (κ3) is 4.45. The van der Waals surface area contributed by atoms with Gasteiger partial charge in [0.25, 0.3) is 5.91 Å². The van der Waals surface area contributed by atoms with Crippen molar-refractivity contribution >= 4 is 28.8 Å². The molecular weight excluding hydrogens is 520 g/mol. The first kappa shape index (κ1) is 26.1. The number of carbonyl (C=O) groups is 2. The van der Waals surface area contributed by atoms with Crippen molar-refractivity contribution in [1.29, 1.82) is 0 Å². The highest BCUT2D eigenvalue weighted by Crippen LogP contribution is 2.38. The molecule has 0 atom stereocenters. The van der Waals surface area contributed by atoms with E-state index in [1.54, 1.807) is 13.8 Å². The summed E-state index contributed by atoms with van der Waals surface area (Å²) in [7, 11) is 0. The lowest BCUT2D eigenvalue weighted by Gasteiger charge is -2.45. The predicted octanol–water partition coefficient (Wildman–Crippen LogP) is 3.52. The topological polar surface area (TPSA) is 115 Å². The highest BCUT2D eigenvalue weighted by Gasteiger charge is 2.43. The monoisotopic (exact) mass is 544 g/mol. The average Bonchev–Trinajstić information content (AvgIpc) is 3.45. The van der Waals surface area contributed by atoms with Crippen LogP contribution in [0.15, 0.2) is 42.9 Å². The van der Waals surface area contributed by atoms with E-state index in [-0.39, 0.29) is 58.8 Å². The minimum atomic E-state index is -4.53. The van der Waals surface area contributed by atoms with Crippen LogP contribution in [0.25, 0.3) is 28.0 Å². The lowest BCUT2D eigenvalue weighted by molar-refractivity contribution is -0.145. The van der Waals surface area contributed by atoms with Gasteiger partial charge < -0.3 is 15.5 Å². The predicted molar refractivity (Wildman–Crippen MR) is 134 cm³/mol. The first-order valence-electron chi connectivity index (χ1n) is 11.9. The summed E-state index contributed by atoms with van der Waals surface area (Å²) in [6.45, 7) is 3.81. The first-order valence-corrected chi connectivity index (χ1v) is 11.9. The molecule has 0 bridgehead atoms. The van der Waals surface area contributed by atoms with Crippen LogP contribution in [0.1, 0.15) is 20.8 Å². The number of halogens is 4. The van der Waals surface area contributed by atoms with Crippen LogP contribution in [-0.4, -0.2) is 65.9 Å². The van der Waals surface area contributed by atoms with Crippen LogP contribution >= 0.6 is 0 Å². The Morgan fingerprint density at radius 3 is 2.51 bits per heavy atom. The van der Waals surface area contributed by atoms with Crippen molar-refractivity contribution < 1.29 is 27.2 Å². The fraction of sp³-hybridized carbons (Fsp3) is 0.320. The Bertz CT molecular complexity index is 1610. The van der Waals surface area contributed by atoms with Crippen LogP contribution in [0.4, 0.5) is 29.1 Å². The molecule has 0 unspecified atom stereocenters. The van der Waals surface area contributed by atoms with Crippen molar-refractivity contribution in [2.24, 2.45) is 0 Å². The molecule has 204 valence electrons. The molecule has 0 spiro atoms. The van der Waals surface area contributed by atoms with E-state index in [1.165, 1.54) is 57.8 Å². The van der Waals surface area contributed by atoms with Crippen molar-refractivity contribution in [2.45, 2.75) is 39.0 Å². The van der Waals surface area contributed by atoms with Crippen LogP contribution in [0, 0.1) is 5.82 Å². The average molecular weight is 545 g/mol. The zero-order valence-electron chi connectivity index (χ0n) is 21.2. The van der Waals surface area contributed by atoms with Gasteiger partial charge in [-0.25, -0.2) is 13.9 Å². The maximum Gasteiger partial charge on any atom is 0.408 e. The van der Waals surface area contributed by atoms with Crippen molar-refractivity contribution in [3.8, 4) is 22.5 Å². The van der Waals surface area contributed by atoms with Crippen LogP contribution < -0.4 is 10.6 Å². The van der Waals surface area contributed by atoms with Gasteiger partial charge in [-0.2, -0.15) is 23.4 Å². The summed E-state index contributed by atoms with van der Waals surface area (Å²) >= 11 is 0. The summed E-state index contributed by atoms with van der Waals surface area (Å²) in [5.41, 5.74) is 6.07. The van der Waals surface area contributed by atoms with Crippen LogP contribution in [0.5, 0.6) is 0 Å². The Labute approximate surface area is 219 Å². The lowest BCUT2D eigenvalue weighted by atomic mass is 9.96. The molecule has 2 N–H and O–H groups in total. The number of amides is 2. The zero-order chi connectivity index (χ0) is 28.3. The molecule has 39 heavy (non-hydrogen) atoms. The minimum Gasteiger partial charge on any atom is -0.382 e. The number of piperazine rings is 1. The van der Waals surface area contributed by atoms with Gasteiger partial charge in [0, 0.05) is 43.0 Å². The largest absolute Gasteiger partial charge is 0.408 e. The van der Waals surface area contributed by atoms with Crippen molar-refractivity contribution in [2.75, 3.05) is 23.7 Å². The number of fused-ring (bicyclic) bond motifs is 1. The zero-order valence-corrected chi connectivity index (χ0v) is 21.2. The molecule has 0 saturated carbocycles. The Morgan fingerprint density at radius 2 is 1.82 bits per heavy atom. The van der Waals surface area contributed by atoms with E-state index in [0.29, 0.717) is 5.69 Å². The number of benzene rings is 1. The summed E-state index contributed by atoms with van der Waals surface area (Å²) in [5.74, 6) is -1.26. The number of hydrogen-bond donors (Lipinski definition) is 1. The smallest absolute Gasteiger partial charge is 0.382 e. The second-order valence-electron chi connectivity index (χ2n) is 9.69. The third-order valence-corrected chi connectivity index (χ3v) is 6.81. The van der Waals surface area contributed by atoms with Gasteiger partial charge >= 0.3 is 6.18 Å². The van der Waals surface area contributed by atoms with E-state index in [9.17, 15) is 22.8 Å². The fourth-order valence-corrected chi connectivity index (χ4v) is 5.01. The number of alkyl halides is 3. The highest BCUT2D eigenvalue weighted by molar-refractivity contribution is 6.03. The fourth-order valence-electron chi connectivity index (χ4n) is 5.01. The van der Waals surface area contributed by atoms with Crippen molar-refractivity contribution in [3.05, 3.63) is 48.7 Å². The number of nitrogens with two attached hydrogens (primary N) is 1. The van der Waals surface area contributed by atoms with E-state index in [4.69, 9.17) is 5.73 Å². The molecule has 2 amide bonds. The molecule has 1 aliphatic rings. The molecule has 10 nitrogen and oxygen atoms in total. The van der Waals surface area contributed by atoms with Gasteiger partial charge in [0.05, 0.1) is 11.4 Å². The number of anilines is 2. The van der Waals surface area contributed by atoms with Gasteiger partial charge in [0.2, 0.25) is 5.91 Å². The van der Waals surface area contributed by atoms with E-state index in [0.717, 1.165) is 11.0 Å². The van der Waals surface area contributed by atoms with E-state index >= 15 is 4.39 Å². The Hall–Kier alpha value is -4.49. The molecule has 1 fully saturated rings. The maximum atomic E-state index is 15.3. The summed E-state index contributed by atoms with van der Waals surface area (Å²) in [6.07, 6.45) is -2.16. The van der Waals surface area contributed by atoms with Crippen LogP contribution in [-0.2, 0) is 16.1 Å². The summed E-state index contributed by atoms with van der Waals surface area (Å²) in [6, 6.07) is 6.96. The number of aromatic nitrogens is 5. The molecule has 1 aliphatic heterocycles. The molecule has 0 radical (unpaired) electrons. The van der Waals surface area contributed by atoms with Gasteiger partial charge in [0.15, 0.2) is 5.82 Å². The molecule has 1 saturated heterocycles. The Morgan fingerprint density at radius 1 is 1.08 bits per heavy atom. The molecule has 5 rings (SSSR count). The number of rotatable bonds is 4. The molecule has 3 aromatic heterocycles. The first-order chi connectivity index (χ1) is 18.3. The van der Waals surface area contributed by atoms with Crippen LogP contribution in [0.3, 0.4) is 0 Å². The van der Waals surface area contributed by atoms with Crippen LogP contribution in [0.2, 0.25) is 0 Å². The Balaban J connectivity index is 1.64. The molecule has 0 aliphatic carbocycles. The van der Waals surface area contributed by atoms with E-state index in [2.05, 4.69) is 15.2 Å². The number of nitrogen functional groups attached to an aromatic ring is 1. The van der Waals surface area contributed by atoms with Gasteiger partial charge in [0.1, 0.15) is 29.7 Å². The molecular formula is C25H24F4N8O2. The van der Waals surface area contributed by atoms with Gasteiger partial charge in [-0.05, 0) is 44.2 Å². The third-order valence-electron chi connectivity index (χ3n) is 6.81. The van der Waals surface area contributed by atoms with Gasteiger partial charge in [-0.1, -0.05) is 0 Å². The minimum absolute atomic E-state index is 0.0279. The summed E-state index contributed by atoms with van der Waals surface area (Å²) in [5, 5.41) is 7.98. The lowest BCUT2D eigenvalue weighted by Crippen LogP contribution is -2.64. The number of hydrogen-bond acceptors (Lipinski definition) is 6. The molecule has 14 heteroatoms. The maximum absolute atomic E-state index is 15.3. The number of nitrogens with zero attached hydrogens (tertiary/aromatic N) is 7. The van der Waals surface area contributed by atoms with Gasteiger partial charge in [-0.15, -0.1) is 0 Å². The quantitative estimate of drug-likeness (QED) is 0.394. The van der Waals surface area contributed by atoms with Crippen molar-refractivity contribution in [1.82, 2.24) is 29.3 Å². The summed E-state index contributed by atoms with van der Waals surface area (Å²) in [4.78, 5) is 32.3. The highest BCUT2D eigenvalue weighted by atomic mass is 19.4. The van der Waals surface area contributed by atoms with E-state index in [1.807, 2.05) is 0 Å². The Kier molecular flexibility index (Phi) is 6.07. The second-order valence-corrected chi connectivity index (χ2v) is 9.69. The van der Waals surface area contributed by atoms with Gasteiger partial charge in [-0.3, -0.25) is 14.3 Å². The SMILES string of the molecule is CC(=O)N1CCN(c2ccc(F)c(-c3cc(-c4ccnn4CC(F)(F)F)c4c(N)ncnn34)c2)C(=O)C1(C)C.